The molecule has 3 aromatic rings. The number of halogens is 1. The van der Waals surface area contributed by atoms with Crippen molar-refractivity contribution in [3.05, 3.63) is 66.1 Å². The smallest absolute Gasteiger partial charge is 0.306 e. The molecule has 1 aromatic heterocycles. The quantitative estimate of drug-likeness (QED) is 0.561. The van der Waals surface area contributed by atoms with Gasteiger partial charge in [-0.25, -0.2) is 9.37 Å². The van der Waals surface area contributed by atoms with Crippen molar-refractivity contribution in [3.63, 3.8) is 0 Å². The van der Waals surface area contributed by atoms with E-state index in [0.29, 0.717) is 42.6 Å². The first-order valence-corrected chi connectivity index (χ1v) is 11.6. The highest BCUT2D eigenvalue weighted by Gasteiger charge is 2.27. The summed E-state index contributed by atoms with van der Waals surface area (Å²) in [7, 11) is -3.69. The summed E-state index contributed by atoms with van der Waals surface area (Å²) in [6, 6.07) is 13.0. The number of fused-ring (bicyclic) bond motifs is 1. The number of benzene rings is 2. The molecule has 1 saturated heterocycles. The van der Waals surface area contributed by atoms with Crippen LogP contribution in [0.2, 0.25) is 0 Å². The van der Waals surface area contributed by atoms with Gasteiger partial charge in [-0.1, -0.05) is 30.3 Å². The molecule has 1 amide bonds. The third-order valence-electron chi connectivity index (χ3n) is 5.07. The molecule has 0 spiro atoms. The molecule has 1 aliphatic rings. The maximum absolute atomic E-state index is 13.9. The Hall–Kier alpha value is -3.20. The number of piperidine rings is 1. The summed E-state index contributed by atoms with van der Waals surface area (Å²) in [6.07, 6.45) is 3.26. The first kappa shape index (κ1) is 21.0. The predicted octanol–water partition coefficient (Wildman–Crippen LogP) is 3.40. The molecule has 162 valence electrons. The van der Waals surface area contributed by atoms with Gasteiger partial charge in [0.05, 0.1) is 18.0 Å². The van der Waals surface area contributed by atoms with E-state index in [1.54, 1.807) is 41.3 Å². The maximum Gasteiger partial charge on any atom is 0.306 e. The Morgan fingerprint density at radius 2 is 1.71 bits per heavy atom. The lowest BCUT2D eigenvalue weighted by atomic mass is 10.1. The van der Waals surface area contributed by atoms with E-state index in [9.17, 15) is 17.6 Å². The van der Waals surface area contributed by atoms with E-state index < -0.39 is 15.9 Å². The summed E-state index contributed by atoms with van der Waals surface area (Å²) < 4.78 is 48.1. The molecule has 9 heteroatoms. The van der Waals surface area contributed by atoms with Gasteiger partial charge in [0.15, 0.2) is 5.75 Å². The second-order valence-corrected chi connectivity index (χ2v) is 8.92. The Balaban J connectivity index is 1.47. The van der Waals surface area contributed by atoms with Crippen LogP contribution in [0.1, 0.15) is 23.2 Å². The van der Waals surface area contributed by atoms with Crippen LogP contribution in [0.5, 0.6) is 11.6 Å². The van der Waals surface area contributed by atoms with Gasteiger partial charge in [-0.3, -0.25) is 4.79 Å². The summed E-state index contributed by atoms with van der Waals surface area (Å²) in [5.41, 5.74) is 0.0657. The van der Waals surface area contributed by atoms with Crippen molar-refractivity contribution in [2.45, 2.75) is 18.9 Å². The molecule has 4 rings (SSSR count). The fraction of sp³-hybridized carbons (Fsp3) is 0.273. The highest BCUT2D eigenvalue weighted by molar-refractivity contribution is 7.86. The molecule has 0 bridgehead atoms. The molecule has 0 saturated carbocycles. The van der Waals surface area contributed by atoms with Crippen LogP contribution >= 0.6 is 0 Å². The molecule has 2 heterocycles. The minimum Gasteiger partial charge on any atom is -0.474 e. The van der Waals surface area contributed by atoms with Crippen molar-refractivity contribution < 1.29 is 26.5 Å². The van der Waals surface area contributed by atoms with Crippen LogP contribution in [0.15, 0.2) is 54.7 Å². The number of rotatable bonds is 5. The number of ether oxygens (including phenoxy) is 1. The molecule has 0 N–H and O–H groups in total. The molecule has 7 nitrogen and oxygen atoms in total. The fourth-order valence-corrected chi connectivity index (χ4v) is 4.06. The minimum absolute atomic E-state index is 0.0657. The first-order chi connectivity index (χ1) is 14.8. The number of pyridine rings is 1. The van der Waals surface area contributed by atoms with Crippen LogP contribution < -0.4 is 8.92 Å². The van der Waals surface area contributed by atoms with E-state index in [1.807, 2.05) is 0 Å². The summed E-state index contributed by atoms with van der Waals surface area (Å²) in [5, 5.41) is 1.21. The Labute approximate surface area is 179 Å². The Morgan fingerprint density at radius 1 is 1.06 bits per heavy atom. The molecule has 2 aromatic carbocycles. The van der Waals surface area contributed by atoms with E-state index in [2.05, 4.69) is 4.98 Å². The number of aromatic nitrogens is 1. The van der Waals surface area contributed by atoms with Gasteiger partial charge in [0.2, 0.25) is 5.88 Å². The van der Waals surface area contributed by atoms with Crippen LogP contribution in [0.25, 0.3) is 10.8 Å². The molecule has 31 heavy (non-hydrogen) atoms. The monoisotopic (exact) mass is 444 g/mol. The highest BCUT2D eigenvalue weighted by Crippen LogP contribution is 2.33. The number of nitrogens with zero attached hydrogens (tertiary/aromatic N) is 2. The fourth-order valence-electron chi connectivity index (χ4n) is 3.60. The lowest BCUT2D eigenvalue weighted by Crippen LogP contribution is -2.42. The number of carbonyl (C=O) groups excluding carboxylic acids is 1. The predicted molar refractivity (Wildman–Crippen MR) is 113 cm³/mol. The molecule has 1 fully saturated rings. The van der Waals surface area contributed by atoms with E-state index in [4.69, 9.17) is 8.92 Å². The zero-order valence-corrected chi connectivity index (χ0v) is 17.6. The normalized spacial score (nSPS) is 15.1. The van der Waals surface area contributed by atoms with Crippen LogP contribution in [-0.4, -0.2) is 49.7 Å². The number of amides is 1. The standard InChI is InChI=1S/C22H21FN2O5S/c1-31(27,28)30-20-14-24-21(17-7-3-2-6-16(17)20)29-15-10-12-25(13-11-15)22(26)18-8-4-5-9-19(18)23/h2-9,14-15H,10-13H2,1H3. The van der Waals surface area contributed by atoms with E-state index in [0.717, 1.165) is 6.26 Å². The lowest BCUT2D eigenvalue weighted by Gasteiger charge is -2.32. The van der Waals surface area contributed by atoms with E-state index in [-0.39, 0.29) is 23.3 Å². The number of hydrogen-bond acceptors (Lipinski definition) is 6. The van der Waals surface area contributed by atoms with Gasteiger partial charge in [-0.2, -0.15) is 8.42 Å². The lowest BCUT2D eigenvalue weighted by molar-refractivity contribution is 0.0586. The Kier molecular flexibility index (Phi) is 5.77. The summed E-state index contributed by atoms with van der Waals surface area (Å²) in [4.78, 5) is 18.5. The molecule has 1 aliphatic heterocycles. The van der Waals surface area contributed by atoms with Gasteiger partial charge in [0.25, 0.3) is 5.91 Å². The van der Waals surface area contributed by atoms with Crippen molar-refractivity contribution in [3.8, 4) is 11.6 Å². The average molecular weight is 444 g/mol. The molecule has 0 aliphatic carbocycles. The third-order valence-corrected chi connectivity index (χ3v) is 5.56. The second kappa shape index (κ2) is 8.50. The van der Waals surface area contributed by atoms with Crippen molar-refractivity contribution in [2.75, 3.05) is 19.3 Å². The zero-order valence-electron chi connectivity index (χ0n) is 16.8. The second-order valence-electron chi connectivity index (χ2n) is 7.35. The molecule has 0 atom stereocenters. The average Bonchev–Trinajstić information content (AvgIpc) is 2.75. The van der Waals surface area contributed by atoms with Gasteiger partial charge in [0, 0.05) is 36.7 Å². The van der Waals surface area contributed by atoms with Gasteiger partial charge >= 0.3 is 10.1 Å². The summed E-state index contributed by atoms with van der Waals surface area (Å²) in [5.74, 6) is -0.355. The van der Waals surface area contributed by atoms with Crippen molar-refractivity contribution in [1.82, 2.24) is 9.88 Å². The summed E-state index contributed by atoms with van der Waals surface area (Å²) in [6.45, 7) is 0.871. The molecular weight excluding hydrogens is 423 g/mol. The molecular formula is C22H21FN2O5S. The van der Waals surface area contributed by atoms with Gasteiger partial charge in [-0.05, 0) is 18.2 Å². The molecule has 0 unspecified atom stereocenters. The van der Waals surface area contributed by atoms with Gasteiger partial charge in [-0.15, -0.1) is 0 Å². The highest BCUT2D eigenvalue weighted by atomic mass is 32.2. The van der Waals surface area contributed by atoms with Crippen LogP contribution in [-0.2, 0) is 10.1 Å². The number of carbonyl (C=O) groups is 1. The number of hydrogen-bond donors (Lipinski definition) is 0. The Morgan fingerprint density at radius 3 is 2.39 bits per heavy atom. The number of likely N-dealkylation sites (tertiary alicyclic amines) is 1. The van der Waals surface area contributed by atoms with Crippen molar-refractivity contribution in [1.29, 1.82) is 0 Å². The SMILES string of the molecule is CS(=O)(=O)Oc1cnc(OC2CCN(C(=O)c3ccccc3F)CC2)c2ccccc12. The van der Waals surface area contributed by atoms with Crippen LogP contribution in [0.4, 0.5) is 4.39 Å². The molecule has 0 radical (unpaired) electrons. The summed E-state index contributed by atoms with van der Waals surface area (Å²) >= 11 is 0. The Bertz CT molecular complexity index is 1220. The topological polar surface area (TPSA) is 85.8 Å². The third kappa shape index (κ3) is 4.77. The van der Waals surface area contributed by atoms with E-state index >= 15 is 0 Å². The van der Waals surface area contributed by atoms with Gasteiger partial charge in [0.1, 0.15) is 11.9 Å². The van der Waals surface area contributed by atoms with Crippen LogP contribution in [0, 0.1) is 5.82 Å². The van der Waals surface area contributed by atoms with Gasteiger partial charge < -0.3 is 13.8 Å². The largest absolute Gasteiger partial charge is 0.474 e. The maximum atomic E-state index is 13.9. The first-order valence-electron chi connectivity index (χ1n) is 9.79. The van der Waals surface area contributed by atoms with Crippen molar-refractivity contribution in [2.24, 2.45) is 0 Å². The zero-order chi connectivity index (χ0) is 22.0. The van der Waals surface area contributed by atoms with Crippen molar-refractivity contribution >= 4 is 26.8 Å². The minimum atomic E-state index is -3.69. The van der Waals surface area contributed by atoms with E-state index in [1.165, 1.54) is 18.3 Å². The van der Waals surface area contributed by atoms with Crippen LogP contribution in [0.3, 0.4) is 0 Å².